The van der Waals surface area contributed by atoms with Crippen molar-refractivity contribution in [2.75, 3.05) is 13.1 Å². The average molecular weight is 237 g/mol. The number of hydrogen-bond donors (Lipinski definition) is 1. The van der Waals surface area contributed by atoms with Crippen LogP contribution in [0.1, 0.15) is 16.7 Å². The fourth-order valence-corrected chi connectivity index (χ4v) is 2.41. The zero-order chi connectivity index (χ0) is 12.0. The van der Waals surface area contributed by atoms with Gasteiger partial charge in [-0.3, -0.25) is 9.69 Å². The molecule has 4 heteroatoms. The SMILES string of the molecule is C#CCN(CC(=O)O)Cc1ccc(CC)s1. The minimum atomic E-state index is -0.845. The molecule has 0 fully saturated rings. The zero-order valence-electron chi connectivity index (χ0n) is 9.27. The van der Waals surface area contributed by atoms with Crippen LogP contribution >= 0.6 is 11.3 Å². The molecule has 0 aliphatic rings. The lowest BCUT2D eigenvalue weighted by Gasteiger charge is -2.15. The van der Waals surface area contributed by atoms with Crippen LogP contribution in [-0.4, -0.2) is 29.1 Å². The Labute approximate surface area is 99.7 Å². The van der Waals surface area contributed by atoms with E-state index in [0.29, 0.717) is 13.1 Å². The van der Waals surface area contributed by atoms with E-state index in [1.165, 1.54) is 4.88 Å². The maximum absolute atomic E-state index is 10.6. The predicted molar refractivity (Wildman–Crippen MR) is 65.4 cm³/mol. The van der Waals surface area contributed by atoms with Crippen molar-refractivity contribution >= 4 is 17.3 Å². The Morgan fingerprint density at radius 2 is 2.25 bits per heavy atom. The van der Waals surface area contributed by atoms with Crippen LogP contribution in [0.5, 0.6) is 0 Å². The summed E-state index contributed by atoms with van der Waals surface area (Å²) in [6, 6.07) is 4.11. The summed E-state index contributed by atoms with van der Waals surface area (Å²) in [5, 5.41) is 8.73. The van der Waals surface area contributed by atoms with Crippen molar-refractivity contribution in [2.45, 2.75) is 19.9 Å². The molecule has 0 atom stereocenters. The van der Waals surface area contributed by atoms with Crippen LogP contribution in [0.3, 0.4) is 0 Å². The molecular formula is C12H15NO2S. The molecule has 1 aromatic heterocycles. The van der Waals surface area contributed by atoms with E-state index >= 15 is 0 Å². The number of nitrogens with zero attached hydrogens (tertiary/aromatic N) is 1. The van der Waals surface area contributed by atoms with Crippen LogP contribution in [0.4, 0.5) is 0 Å². The smallest absolute Gasteiger partial charge is 0.317 e. The summed E-state index contributed by atoms with van der Waals surface area (Å²) in [6.45, 7) is 3.07. The van der Waals surface area contributed by atoms with Crippen molar-refractivity contribution in [3.05, 3.63) is 21.9 Å². The van der Waals surface area contributed by atoms with Gasteiger partial charge >= 0.3 is 5.97 Å². The number of rotatable bonds is 6. The third-order valence-electron chi connectivity index (χ3n) is 2.12. The first kappa shape index (κ1) is 12.8. The standard InChI is InChI=1S/C12H15NO2S/c1-3-7-13(9-12(14)15)8-11-6-5-10(4-2)16-11/h1,5-6H,4,7-9H2,2H3,(H,14,15). The van der Waals surface area contributed by atoms with Crippen LogP contribution in [-0.2, 0) is 17.8 Å². The highest BCUT2D eigenvalue weighted by atomic mass is 32.1. The molecule has 1 aromatic rings. The van der Waals surface area contributed by atoms with E-state index in [0.717, 1.165) is 11.3 Å². The molecule has 86 valence electrons. The quantitative estimate of drug-likeness (QED) is 0.767. The number of terminal acetylenes is 1. The van der Waals surface area contributed by atoms with Gasteiger partial charge in [0, 0.05) is 16.3 Å². The predicted octanol–water partition coefficient (Wildman–Crippen LogP) is 1.83. The van der Waals surface area contributed by atoms with E-state index in [4.69, 9.17) is 11.5 Å². The first-order valence-electron chi connectivity index (χ1n) is 5.11. The molecule has 1 heterocycles. The molecule has 0 spiro atoms. The molecule has 1 rings (SSSR count). The Balaban J connectivity index is 2.60. The highest BCUT2D eigenvalue weighted by molar-refractivity contribution is 7.11. The van der Waals surface area contributed by atoms with Gasteiger partial charge in [-0.2, -0.15) is 0 Å². The number of thiophene rings is 1. The van der Waals surface area contributed by atoms with E-state index in [2.05, 4.69) is 18.9 Å². The normalized spacial score (nSPS) is 10.3. The Kier molecular flexibility index (Phi) is 5.03. The molecule has 16 heavy (non-hydrogen) atoms. The summed E-state index contributed by atoms with van der Waals surface area (Å²) < 4.78 is 0. The fraction of sp³-hybridized carbons (Fsp3) is 0.417. The van der Waals surface area contributed by atoms with Gasteiger partial charge in [0.05, 0.1) is 13.1 Å². The fourth-order valence-electron chi connectivity index (χ4n) is 1.41. The van der Waals surface area contributed by atoms with Gasteiger partial charge < -0.3 is 5.11 Å². The van der Waals surface area contributed by atoms with Crippen molar-refractivity contribution in [3.63, 3.8) is 0 Å². The molecule has 0 amide bonds. The van der Waals surface area contributed by atoms with Crippen LogP contribution in [0.2, 0.25) is 0 Å². The van der Waals surface area contributed by atoms with Gasteiger partial charge in [0.2, 0.25) is 0 Å². The van der Waals surface area contributed by atoms with E-state index < -0.39 is 5.97 Å². The molecule has 0 bridgehead atoms. The maximum atomic E-state index is 10.6. The lowest BCUT2D eigenvalue weighted by molar-refractivity contribution is -0.138. The molecule has 3 nitrogen and oxygen atoms in total. The van der Waals surface area contributed by atoms with Crippen LogP contribution in [0.15, 0.2) is 12.1 Å². The molecule has 0 aliphatic heterocycles. The third kappa shape index (κ3) is 4.05. The molecule has 0 radical (unpaired) electrons. The summed E-state index contributed by atoms with van der Waals surface area (Å²) in [6.07, 6.45) is 6.22. The molecule has 0 unspecified atom stereocenters. The van der Waals surface area contributed by atoms with Crippen LogP contribution in [0, 0.1) is 12.3 Å². The van der Waals surface area contributed by atoms with E-state index in [-0.39, 0.29) is 6.54 Å². The molecule has 1 N–H and O–H groups in total. The van der Waals surface area contributed by atoms with Crippen LogP contribution in [0.25, 0.3) is 0 Å². The second kappa shape index (κ2) is 6.31. The number of aryl methyl sites for hydroxylation is 1. The van der Waals surface area contributed by atoms with Crippen molar-refractivity contribution < 1.29 is 9.90 Å². The van der Waals surface area contributed by atoms with Gasteiger partial charge in [0.25, 0.3) is 0 Å². The van der Waals surface area contributed by atoms with Crippen molar-refractivity contribution in [2.24, 2.45) is 0 Å². The van der Waals surface area contributed by atoms with Crippen LogP contribution < -0.4 is 0 Å². The molecule has 0 aromatic carbocycles. The largest absolute Gasteiger partial charge is 0.480 e. The maximum Gasteiger partial charge on any atom is 0.317 e. The number of hydrogen-bond acceptors (Lipinski definition) is 3. The highest BCUT2D eigenvalue weighted by Crippen LogP contribution is 2.18. The second-order valence-electron chi connectivity index (χ2n) is 3.46. The van der Waals surface area contributed by atoms with Gasteiger partial charge in [-0.05, 0) is 18.6 Å². The molecule has 0 saturated heterocycles. The van der Waals surface area contributed by atoms with Gasteiger partial charge in [0.1, 0.15) is 0 Å². The topological polar surface area (TPSA) is 40.5 Å². The van der Waals surface area contributed by atoms with Gasteiger partial charge in [0.15, 0.2) is 0 Å². The summed E-state index contributed by atoms with van der Waals surface area (Å²) in [7, 11) is 0. The minimum Gasteiger partial charge on any atom is -0.480 e. The molecular weight excluding hydrogens is 222 g/mol. The number of aliphatic carboxylic acids is 1. The minimum absolute atomic E-state index is 0.0104. The van der Waals surface area contributed by atoms with E-state index in [1.807, 2.05) is 6.07 Å². The molecule has 0 saturated carbocycles. The second-order valence-corrected chi connectivity index (χ2v) is 4.72. The van der Waals surface area contributed by atoms with Crippen molar-refractivity contribution in [1.82, 2.24) is 4.90 Å². The van der Waals surface area contributed by atoms with Crippen molar-refractivity contribution in [3.8, 4) is 12.3 Å². The van der Waals surface area contributed by atoms with Gasteiger partial charge in [-0.1, -0.05) is 12.8 Å². The average Bonchev–Trinajstić information content (AvgIpc) is 2.65. The first-order valence-corrected chi connectivity index (χ1v) is 5.92. The highest BCUT2D eigenvalue weighted by Gasteiger charge is 2.10. The van der Waals surface area contributed by atoms with E-state index in [9.17, 15) is 4.79 Å². The summed E-state index contributed by atoms with van der Waals surface area (Å²) >= 11 is 1.71. The van der Waals surface area contributed by atoms with Crippen molar-refractivity contribution in [1.29, 1.82) is 0 Å². The third-order valence-corrected chi connectivity index (χ3v) is 3.33. The number of carbonyl (C=O) groups is 1. The van der Waals surface area contributed by atoms with E-state index in [1.54, 1.807) is 16.2 Å². The van der Waals surface area contributed by atoms with Gasteiger partial charge in [-0.15, -0.1) is 17.8 Å². The zero-order valence-corrected chi connectivity index (χ0v) is 10.1. The Hall–Kier alpha value is -1.31. The monoisotopic (exact) mass is 237 g/mol. The van der Waals surface area contributed by atoms with Gasteiger partial charge in [-0.25, -0.2) is 0 Å². The Bertz CT molecular complexity index is 392. The summed E-state index contributed by atoms with van der Waals surface area (Å²) in [5.74, 6) is 1.64. The number of carboxylic acid groups (broad SMARTS) is 1. The number of carboxylic acids is 1. The molecule has 0 aliphatic carbocycles. The summed E-state index contributed by atoms with van der Waals surface area (Å²) in [4.78, 5) is 14.8. The lowest BCUT2D eigenvalue weighted by Crippen LogP contribution is -2.29. The summed E-state index contributed by atoms with van der Waals surface area (Å²) in [5.41, 5.74) is 0. The Morgan fingerprint density at radius 1 is 1.56 bits per heavy atom. The Morgan fingerprint density at radius 3 is 2.75 bits per heavy atom. The first-order chi connectivity index (χ1) is 7.65. The lowest BCUT2D eigenvalue weighted by atomic mass is 10.3.